The van der Waals surface area contributed by atoms with Gasteiger partial charge in [-0.05, 0) is 18.1 Å². The van der Waals surface area contributed by atoms with E-state index in [4.69, 9.17) is 10.8 Å². The van der Waals surface area contributed by atoms with Crippen LogP contribution in [0.2, 0.25) is 0 Å². The van der Waals surface area contributed by atoms with Crippen molar-refractivity contribution in [3.8, 4) is 0 Å². The van der Waals surface area contributed by atoms with Crippen LogP contribution >= 0.6 is 0 Å². The van der Waals surface area contributed by atoms with E-state index in [0.717, 1.165) is 0 Å². The maximum absolute atomic E-state index is 11.6. The van der Waals surface area contributed by atoms with Gasteiger partial charge in [-0.2, -0.15) is 0 Å². The summed E-state index contributed by atoms with van der Waals surface area (Å²) >= 11 is 0. The van der Waals surface area contributed by atoms with Gasteiger partial charge in [0, 0.05) is 19.3 Å². The van der Waals surface area contributed by atoms with E-state index in [0.29, 0.717) is 12.2 Å². The first kappa shape index (κ1) is 11.5. The number of aliphatic hydroxyl groups is 1. The third-order valence-electron chi connectivity index (χ3n) is 1.98. The summed E-state index contributed by atoms with van der Waals surface area (Å²) in [5.41, 5.74) is 6.17. The Morgan fingerprint density at radius 3 is 3.07 bits per heavy atom. The third-order valence-corrected chi connectivity index (χ3v) is 1.98. The van der Waals surface area contributed by atoms with Crippen LogP contribution in [-0.4, -0.2) is 29.1 Å². The SMILES string of the molecule is CC(CO)CNC(=O)c1ncccc1N. The molecule has 5 heteroatoms. The fourth-order valence-electron chi connectivity index (χ4n) is 1.02. The molecular weight excluding hydrogens is 194 g/mol. The Hall–Kier alpha value is -1.62. The van der Waals surface area contributed by atoms with Crippen LogP contribution in [0.15, 0.2) is 18.3 Å². The highest BCUT2D eigenvalue weighted by Gasteiger charge is 2.11. The van der Waals surface area contributed by atoms with E-state index in [2.05, 4.69) is 10.3 Å². The van der Waals surface area contributed by atoms with Crippen LogP contribution in [0.25, 0.3) is 0 Å². The van der Waals surface area contributed by atoms with Crippen LogP contribution in [0.4, 0.5) is 5.69 Å². The number of nitrogens with two attached hydrogens (primary N) is 1. The van der Waals surface area contributed by atoms with Gasteiger partial charge in [-0.1, -0.05) is 6.92 Å². The van der Waals surface area contributed by atoms with Crippen molar-refractivity contribution < 1.29 is 9.90 Å². The average molecular weight is 209 g/mol. The van der Waals surface area contributed by atoms with Gasteiger partial charge in [0.15, 0.2) is 5.69 Å². The highest BCUT2D eigenvalue weighted by atomic mass is 16.3. The minimum Gasteiger partial charge on any atom is -0.397 e. The number of rotatable bonds is 4. The van der Waals surface area contributed by atoms with Gasteiger partial charge in [-0.15, -0.1) is 0 Å². The minimum absolute atomic E-state index is 0.0267. The first-order chi connectivity index (χ1) is 7.15. The Bertz CT molecular complexity index is 341. The molecule has 15 heavy (non-hydrogen) atoms. The van der Waals surface area contributed by atoms with E-state index in [-0.39, 0.29) is 24.1 Å². The van der Waals surface area contributed by atoms with Gasteiger partial charge < -0.3 is 16.2 Å². The van der Waals surface area contributed by atoms with Crippen molar-refractivity contribution in [2.24, 2.45) is 5.92 Å². The van der Waals surface area contributed by atoms with Gasteiger partial charge in [0.05, 0.1) is 5.69 Å². The lowest BCUT2D eigenvalue weighted by atomic mass is 10.2. The van der Waals surface area contributed by atoms with Crippen molar-refractivity contribution in [1.82, 2.24) is 10.3 Å². The lowest BCUT2D eigenvalue weighted by Crippen LogP contribution is -2.30. The lowest BCUT2D eigenvalue weighted by Gasteiger charge is -2.09. The number of pyridine rings is 1. The molecule has 0 aliphatic carbocycles. The molecule has 1 aromatic rings. The average Bonchev–Trinajstić information content (AvgIpc) is 2.26. The van der Waals surface area contributed by atoms with Crippen molar-refractivity contribution in [2.45, 2.75) is 6.92 Å². The molecule has 0 saturated carbocycles. The highest BCUT2D eigenvalue weighted by Crippen LogP contribution is 2.06. The molecule has 0 aliphatic heterocycles. The molecule has 1 rings (SSSR count). The zero-order valence-corrected chi connectivity index (χ0v) is 8.60. The second-order valence-electron chi connectivity index (χ2n) is 3.44. The smallest absolute Gasteiger partial charge is 0.272 e. The topological polar surface area (TPSA) is 88.2 Å². The molecule has 0 saturated heterocycles. The molecule has 1 aromatic heterocycles. The summed E-state index contributed by atoms with van der Waals surface area (Å²) in [5.74, 6) is -0.285. The summed E-state index contributed by atoms with van der Waals surface area (Å²) in [6.45, 7) is 2.28. The molecular formula is C10H15N3O2. The van der Waals surface area contributed by atoms with E-state index in [9.17, 15) is 4.79 Å². The van der Waals surface area contributed by atoms with Crippen molar-refractivity contribution >= 4 is 11.6 Å². The monoisotopic (exact) mass is 209 g/mol. The number of nitrogens with one attached hydrogen (secondary N) is 1. The number of hydrogen-bond acceptors (Lipinski definition) is 4. The van der Waals surface area contributed by atoms with Crippen LogP contribution in [0.3, 0.4) is 0 Å². The Labute approximate surface area is 88.3 Å². The molecule has 82 valence electrons. The van der Waals surface area contributed by atoms with E-state index in [1.807, 2.05) is 6.92 Å². The number of aromatic nitrogens is 1. The fourth-order valence-corrected chi connectivity index (χ4v) is 1.02. The Morgan fingerprint density at radius 2 is 2.47 bits per heavy atom. The van der Waals surface area contributed by atoms with Crippen molar-refractivity contribution in [3.05, 3.63) is 24.0 Å². The number of carbonyl (C=O) groups excluding carboxylic acids is 1. The van der Waals surface area contributed by atoms with E-state index in [1.165, 1.54) is 6.20 Å². The van der Waals surface area contributed by atoms with Crippen LogP contribution in [0.5, 0.6) is 0 Å². The maximum atomic E-state index is 11.6. The van der Waals surface area contributed by atoms with Gasteiger partial charge in [0.25, 0.3) is 5.91 Å². The number of aliphatic hydroxyl groups excluding tert-OH is 1. The number of carbonyl (C=O) groups is 1. The molecule has 1 unspecified atom stereocenters. The Kier molecular flexibility index (Phi) is 4.05. The van der Waals surface area contributed by atoms with Gasteiger partial charge in [-0.3, -0.25) is 4.79 Å². The molecule has 0 fully saturated rings. The normalized spacial score (nSPS) is 12.1. The molecule has 1 amide bonds. The second kappa shape index (κ2) is 5.31. The van der Waals surface area contributed by atoms with Gasteiger partial charge in [-0.25, -0.2) is 4.98 Å². The molecule has 0 radical (unpaired) electrons. The zero-order valence-electron chi connectivity index (χ0n) is 8.60. The number of nitrogens with zero attached hydrogens (tertiary/aromatic N) is 1. The zero-order chi connectivity index (χ0) is 11.3. The summed E-state index contributed by atoms with van der Waals surface area (Å²) in [6.07, 6.45) is 1.51. The van der Waals surface area contributed by atoms with Gasteiger partial charge in [0.1, 0.15) is 0 Å². The second-order valence-corrected chi connectivity index (χ2v) is 3.44. The van der Waals surface area contributed by atoms with Crippen molar-refractivity contribution in [3.63, 3.8) is 0 Å². The predicted molar refractivity (Wildman–Crippen MR) is 57.2 cm³/mol. The molecule has 0 aliphatic rings. The van der Waals surface area contributed by atoms with Gasteiger partial charge >= 0.3 is 0 Å². The minimum atomic E-state index is -0.312. The molecule has 4 N–H and O–H groups in total. The first-order valence-corrected chi connectivity index (χ1v) is 4.74. The molecule has 1 heterocycles. The standard InChI is InChI=1S/C10H15N3O2/c1-7(6-14)5-13-10(15)9-8(11)3-2-4-12-9/h2-4,7,14H,5-6,11H2,1H3,(H,13,15). The third kappa shape index (κ3) is 3.21. The van der Waals surface area contributed by atoms with Crippen LogP contribution < -0.4 is 11.1 Å². The summed E-state index contributed by atoms with van der Waals surface area (Å²) in [4.78, 5) is 15.4. The van der Waals surface area contributed by atoms with Crippen LogP contribution in [0.1, 0.15) is 17.4 Å². The molecule has 0 bridgehead atoms. The summed E-state index contributed by atoms with van der Waals surface area (Å²) in [5, 5.41) is 11.4. The van der Waals surface area contributed by atoms with Crippen molar-refractivity contribution in [2.75, 3.05) is 18.9 Å². The molecule has 5 nitrogen and oxygen atoms in total. The lowest BCUT2D eigenvalue weighted by molar-refractivity contribution is 0.0938. The Balaban J connectivity index is 2.58. The highest BCUT2D eigenvalue weighted by molar-refractivity contribution is 5.96. The summed E-state index contributed by atoms with van der Waals surface area (Å²) in [6, 6.07) is 3.29. The van der Waals surface area contributed by atoms with E-state index in [1.54, 1.807) is 12.1 Å². The largest absolute Gasteiger partial charge is 0.397 e. The summed E-state index contributed by atoms with van der Waals surface area (Å²) in [7, 11) is 0. The van der Waals surface area contributed by atoms with E-state index >= 15 is 0 Å². The summed E-state index contributed by atoms with van der Waals surface area (Å²) < 4.78 is 0. The van der Waals surface area contributed by atoms with Gasteiger partial charge in [0.2, 0.25) is 0 Å². The first-order valence-electron chi connectivity index (χ1n) is 4.74. The van der Waals surface area contributed by atoms with Crippen molar-refractivity contribution in [1.29, 1.82) is 0 Å². The Morgan fingerprint density at radius 1 is 1.73 bits per heavy atom. The number of amides is 1. The predicted octanol–water partition coefficient (Wildman–Crippen LogP) is 0.0220. The maximum Gasteiger partial charge on any atom is 0.272 e. The number of anilines is 1. The fraction of sp³-hybridized carbons (Fsp3) is 0.400. The number of hydrogen-bond donors (Lipinski definition) is 3. The van der Waals surface area contributed by atoms with E-state index < -0.39 is 0 Å². The van der Waals surface area contributed by atoms with Crippen LogP contribution in [0, 0.1) is 5.92 Å². The molecule has 0 spiro atoms. The quantitative estimate of drug-likeness (QED) is 0.652. The molecule has 0 aromatic carbocycles. The molecule has 1 atom stereocenters. The number of nitrogen functional groups attached to an aromatic ring is 1. The van der Waals surface area contributed by atoms with Crippen LogP contribution in [-0.2, 0) is 0 Å².